The minimum absolute atomic E-state index is 0.111. The van der Waals surface area contributed by atoms with Crippen molar-refractivity contribution in [3.8, 4) is 6.07 Å². The van der Waals surface area contributed by atoms with Crippen LogP contribution in [0.3, 0.4) is 0 Å². The zero-order valence-electron chi connectivity index (χ0n) is 9.42. The second kappa shape index (κ2) is 4.62. The van der Waals surface area contributed by atoms with Crippen LogP contribution in [0.15, 0.2) is 35.5 Å². The van der Waals surface area contributed by atoms with Gasteiger partial charge in [-0.15, -0.1) is 0 Å². The Hall–Kier alpha value is -2.41. The van der Waals surface area contributed by atoms with Gasteiger partial charge in [0, 0.05) is 12.4 Å². The van der Waals surface area contributed by atoms with Crippen LogP contribution in [-0.4, -0.2) is 18.7 Å². The summed E-state index contributed by atoms with van der Waals surface area (Å²) in [6, 6.07) is 7.29. The molecule has 1 aliphatic heterocycles. The maximum atomic E-state index is 11.6. The third-order valence-corrected chi connectivity index (χ3v) is 2.52. The second-order valence-electron chi connectivity index (χ2n) is 3.65. The Morgan fingerprint density at radius 3 is 2.94 bits per heavy atom. The Bertz CT molecular complexity index is 552. The van der Waals surface area contributed by atoms with Crippen molar-refractivity contribution >= 4 is 17.7 Å². The number of Topliss-reactive ketones (excluding diaryl/α,β-unsaturated/α-hetero) is 1. The summed E-state index contributed by atoms with van der Waals surface area (Å²) in [4.78, 5) is 17.6. The molecular weight excluding hydrogens is 214 g/mol. The van der Waals surface area contributed by atoms with E-state index in [0.717, 1.165) is 5.69 Å². The number of aliphatic imine (C=N–C) groups is 1. The lowest BCUT2D eigenvalue weighted by Crippen LogP contribution is -2.21. The average Bonchev–Trinajstić information content (AvgIpc) is 2.38. The number of ketones is 1. The third kappa shape index (κ3) is 2.08. The molecule has 0 radical (unpaired) electrons. The molecule has 0 bridgehead atoms. The molecular formula is C13H11N3O. The number of nitrogens with zero attached hydrogens (tertiary/aromatic N) is 3. The molecule has 0 unspecified atom stereocenters. The predicted molar refractivity (Wildman–Crippen MR) is 66.1 cm³/mol. The van der Waals surface area contributed by atoms with Gasteiger partial charge in [0.2, 0.25) is 0 Å². The summed E-state index contributed by atoms with van der Waals surface area (Å²) in [5.74, 6) is -0.111. The average molecular weight is 225 g/mol. The highest BCUT2D eigenvalue weighted by Gasteiger charge is 2.16. The first-order valence-electron chi connectivity index (χ1n) is 5.21. The molecule has 0 N–H and O–H groups in total. The largest absolute Gasteiger partial charge is 0.327 e. The number of carbonyl (C=O) groups is 1. The molecule has 4 nitrogen and oxygen atoms in total. The molecule has 1 aromatic rings. The maximum Gasteiger partial charge on any atom is 0.163 e. The van der Waals surface area contributed by atoms with Gasteiger partial charge in [0.15, 0.2) is 5.78 Å². The van der Waals surface area contributed by atoms with Crippen LogP contribution in [0.25, 0.3) is 0 Å². The van der Waals surface area contributed by atoms with Gasteiger partial charge in [-0.2, -0.15) is 5.26 Å². The first kappa shape index (κ1) is 11.1. The van der Waals surface area contributed by atoms with Crippen LogP contribution in [0.2, 0.25) is 0 Å². The molecule has 0 amide bonds. The van der Waals surface area contributed by atoms with Gasteiger partial charge in [-0.3, -0.25) is 9.79 Å². The molecule has 2 rings (SSSR count). The number of allylic oxidation sites excluding steroid dienone is 1. The molecule has 0 spiro atoms. The Labute approximate surface area is 99.5 Å². The van der Waals surface area contributed by atoms with E-state index >= 15 is 0 Å². The van der Waals surface area contributed by atoms with Crippen molar-refractivity contribution in [1.29, 1.82) is 5.26 Å². The maximum absolute atomic E-state index is 11.6. The molecule has 84 valence electrons. The fourth-order valence-corrected chi connectivity index (χ4v) is 1.78. The second-order valence-corrected chi connectivity index (χ2v) is 3.65. The summed E-state index contributed by atoms with van der Waals surface area (Å²) in [5.41, 5.74) is 1.58. The highest BCUT2D eigenvalue weighted by atomic mass is 16.1. The predicted octanol–water partition coefficient (Wildman–Crippen LogP) is 2.12. The highest BCUT2D eigenvalue weighted by molar-refractivity contribution is 6.02. The smallest absolute Gasteiger partial charge is 0.163 e. The van der Waals surface area contributed by atoms with Crippen molar-refractivity contribution in [3.63, 3.8) is 0 Å². The molecule has 1 heterocycles. The Morgan fingerprint density at radius 2 is 2.35 bits per heavy atom. The van der Waals surface area contributed by atoms with E-state index in [0.29, 0.717) is 17.8 Å². The Kier molecular flexibility index (Phi) is 3.01. The fourth-order valence-electron chi connectivity index (χ4n) is 1.78. The van der Waals surface area contributed by atoms with Crippen molar-refractivity contribution < 1.29 is 4.79 Å². The molecule has 0 aliphatic carbocycles. The molecule has 0 aromatic heterocycles. The standard InChI is InChI=1S/C13H11N3O/c1-10(17)13-11(8-14)4-2-5-12(13)16-7-3-6-15-9-16/h2-7H,9H2,1H3. The van der Waals surface area contributed by atoms with Crippen LogP contribution in [0.1, 0.15) is 22.8 Å². The molecule has 0 fully saturated rings. The lowest BCUT2D eigenvalue weighted by atomic mass is 10.0. The van der Waals surface area contributed by atoms with E-state index in [4.69, 9.17) is 5.26 Å². The summed E-state index contributed by atoms with van der Waals surface area (Å²) in [6.07, 6.45) is 5.35. The van der Waals surface area contributed by atoms with Crippen molar-refractivity contribution in [2.75, 3.05) is 11.6 Å². The first-order valence-corrected chi connectivity index (χ1v) is 5.21. The van der Waals surface area contributed by atoms with Crippen LogP contribution >= 0.6 is 0 Å². The topological polar surface area (TPSA) is 56.5 Å². The van der Waals surface area contributed by atoms with Gasteiger partial charge in [0.05, 0.1) is 22.9 Å². The Balaban J connectivity index is 2.54. The number of rotatable bonds is 2. The van der Waals surface area contributed by atoms with Gasteiger partial charge >= 0.3 is 0 Å². The van der Waals surface area contributed by atoms with Gasteiger partial charge in [0.1, 0.15) is 6.67 Å². The van der Waals surface area contributed by atoms with Gasteiger partial charge in [-0.1, -0.05) is 6.07 Å². The molecule has 0 saturated carbocycles. The molecule has 4 heteroatoms. The number of hydrogen-bond donors (Lipinski definition) is 0. The normalized spacial score (nSPS) is 13.5. The highest BCUT2D eigenvalue weighted by Crippen LogP contribution is 2.25. The van der Waals surface area contributed by atoms with Crippen molar-refractivity contribution in [2.24, 2.45) is 4.99 Å². The Morgan fingerprint density at radius 1 is 1.53 bits per heavy atom. The minimum atomic E-state index is -0.111. The lowest BCUT2D eigenvalue weighted by Gasteiger charge is -2.22. The number of hydrogen-bond acceptors (Lipinski definition) is 4. The molecule has 0 atom stereocenters. The minimum Gasteiger partial charge on any atom is -0.327 e. The third-order valence-electron chi connectivity index (χ3n) is 2.52. The van der Waals surface area contributed by atoms with E-state index in [-0.39, 0.29) is 5.78 Å². The van der Waals surface area contributed by atoms with Gasteiger partial charge < -0.3 is 4.90 Å². The summed E-state index contributed by atoms with van der Waals surface area (Å²) in [6.45, 7) is 1.93. The van der Waals surface area contributed by atoms with Crippen molar-refractivity contribution in [2.45, 2.75) is 6.92 Å². The monoisotopic (exact) mass is 225 g/mol. The summed E-state index contributed by atoms with van der Waals surface area (Å²) in [5, 5.41) is 9.02. The van der Waals surface area contributed by atoms with E-state index in [2.05, 4.69) is 4.99 Å². The zero-order valence-corrected chi connectivity index (χ0v) is 9.42. The van der Waals surface area contributed by atoms with E-state index < -0.39 is 0 Å². The van der Waals surface area contributed by atoms with E-state index in [1.165, 1.54) is 6.92 Å². The number of anilines is 1. The van der Waals surface area contributed by atoms with Crippen molar-refractivity contribution in [1.82, 2.24) is 0 Å². The molecule has 0 saturated heterocycles. The van der Waals surface area contributed by atoms with Crippen molar-refractivity contribution in [3.05, 3.63) is 41.6 Å². The number of carbonyl (C=O) groups excluding carboxylic acids is 1. The van der Waals surface area contributed by atoms with E-state index in [1.54, 1.807) is 24.4 Å². The molecule has 1 aliphatic rings. The summed E-state index contributed by atoms with van der Waals surface area (Å²) < 4.78 is 0. The van der Waals surface area contributed by atoms with Crippen LogP contribution in [0.5, 0.6) is 0 Å². The van der Waals surface area contributed by atoms with E-state index in [1.807, 2.05) is 23.2 Å². The van der Waals surface area contributed by atoms with Gasteiger partial charge in [-0.05, 0) is 25.1 Å². The van der Waals surface area contributed by atoms with Crippen LogP contribution in [0, 0.1) is 11.3 Å². The van der Waals surface area contributed by atoms with Crippen LogP contribution in [-0.2, 0) is 0 Å². The lowest BCUT2D eigenvalue weighted by molar-refractivity contribution is 0.101. The first-order chi connectivity index (χ1) is 8.24. The SMILES string of the molecule is CC(=O)c1c(C#N)cccc1N1C=CC=NC1. The quantitative estimate of drug-likeness (QED) is 0.724. The van der Waals surface area contributed by atoms with Gasteiger partial charge in [-0.25, -0.2) is 0 Å². The fraction of sp³-hybridized carbons (Fsp3) is 0.154. The summed E-state index contributed by atoms with van der Waals surface area (Å²) in [7, 11) is 0. The molecule has 17 heavy (non-hydrogen) atoms. The molecule has 1 aromatic carbocycles. The summed E-state index contributed by atoms with van der Waals surface area (Å²) >= 11 is 0. The van der Waals surface area contributed by atoms with E-state index in [9.17, 15) is 4.79 Å². The number of benzene rings is 1. The number of nitriles is 1. The van der Waals surface area contributed by atoms with Crippen LogP contribution in [0.4, 0.5) is 5.69 Å². The van der Waals surface area contributed by atoms with Gasteiger partial charge in [0.25, 0.3) is 0 Å². The van der Waals surface area contributed by atoms with Crippen LogP contribution < -0.4 is 4.90 Å². The zero-order chi connectivity index (χ0) is 12.3.